The van der Waals surface area contributed by atoms with Crippen molar-refractivity contribution in [2.45, 2.75) is 38.4 Å². The molecule has 0 aliphatic carbocycles. The molecule has 3 N–H and O–H groups in total. The van der Waals surface area contributed by atoms with E-state index in [1.165, 1.54) is 6.42 Å². The third-order valence-electron chi connectivity index (χ3n) is 2.75. The van der Waals surface area contributed by atoms with E-state index in [2.05, 4.69) is 36.1 Å². The molecule has 4 nitrogen and oxygen atoms in total. The van der Waals surface area contributed by atoms with E-state index < -0.39 is 0 Å². The Labute approximate surface area is 103 Å². The van der Waals surface area contributed by atoms with E-state index in [4.69, 9.17) is 5.84 Å². The number of thioether (sulfide) groups is 1. The summed E-state index contributed by atoms with van der Waals surface area (Å²) in [6.45, 7) is 9.64. The topological polar surface area (TPSA) is 53.6 Å². The molecule has 1 heterocycles. The molecule has 0 amide bonds. The van der Waals surface area contributed by atoms with Crippen LogP contribution in [-0.4, -0.2) is 41.0 Å². The molecule has 0 saturated carbocycles. The number of hydrogen-bond donors (Lipinski definition) is 2. The SMILES string of the molecule is CCCN=C(NN)N1CCSC(C)(C)CC1. The zero-order valence-corrected chi connectivity index (χ0v) is 11.4. The number of guanidine groups is 1. The number of rotatable bonds is 2. The van der Waals surface area contributed by atoms with Gasteiger partial charge in [0, 0.05) is 30.1 Å². The fourth-order valence-electron chi connectivity index (χ4n) is 1.69. The Balaban J connectivity index is 2.58. The fraction of sp³-hybridized carbons (Fsp3) is 0.909. The van der Waals surface area contributed by atoms with Crippen LogP contribution in [0.3, 0.4) is 0 Å². The Morgan fingerprint density at radius 3 is 2.88 bits per heavy atom. The van der Waals surface area contributed by atoms with Crippen molar-refractivity contribution < 1.29 is 0 Å². The first-order chi connectivity index (χ1) is 7.59. The second kappa shape index (κ2) is 6.35. The summed E-state index contributed by atoms with van der Waals surface area (Å²) in [5, 5.41) is 0. The maximum atomic E-state index is 5.53. The van der Waals surface area contributed by atoms with Gasteiger partial charge in [0.2, 0.25) is 5.96 Å². The van der Waals surface area contributed by atoms with Crippen molar-refractivity contribution in [2.24, 2.45) is 10.8 Å². The summed E-state index contributed by atoms with van der Waals surface area (Å²) >= 11 is 2.03. The van der Waals surface area contributed by atoms with Crippen LogP contribution in [0.2, 0.25) is 0 Å². The smallest absolute Gasteiger partial charge is 0.208 e. The summed E-state index contributed by atoms with van der Waals surface area (Å²) in [5.74, 6) is 7.52. The lowest BCUT2D eigenvalue weighted by Crippen LogP contribution is -2.46. The summed E-state index contributed by atoms with van der Waals surface area (Å²) in [4.78, 5) is 6.73. The Morgan fingerprint density at radius 2 is 2.25 bits per heavy atom. The molecule has 0 bridgehead atoms. The molecule has 5 heteroatoms. The maximum Gasteiger partial charge on any atom is 0.208 e. The molecule has 0 radical (unpaired) electrons. The number of hydrogen-bond acceptors (Lipinski definition) is 3. The standard InChI is InChI=1S/C11H24N4S/c1-4-6-13-10(14-12)15-7-5-11(2,3)16-9-8-15/h4-9,12H2,1-3H3,(H,13,14). The molecule has 0 spiro atoms. The predicted molar refractivity (Wildman–Crippen MR) is 72.6 cm³/mol. The van der Waals surface area contributed by atoms with Gasteiger partial charge in [-0.25, -0.2) is 5.84 Å². The van der Waals surface area contributed by atoms with Crippen LogP contribution in [0.5, 0.6) is 0 Å². The van der Waals surface area contributed by atoms with Crippen LogP contribution in [0.1, 0.15) is 33.6 Å². The van der Waals surface area contributed by atoms with Gasteiger partial charge in [-0.3, -0.25) is 10.4 Å². The second-order valence-corrected chi connectivity index (χ2v) is 6.50. The quantitative estimate of drug-likeness (QED) is 0.334. The third kappa shape index (κ3) is 4.22. The van der Waals surface area contributed by atoms with Crippen LogP contribution >= 0.6 is 11.8 Å². The van der Waals surface area contributed by atoms with Crippen molar-refractivity contribution in [3.05, 3.63) is 0 Å². The number of nitrogens with two attached hydrogens (primary N) is 1. The highest BCUT2D eigenvalue weighted by Crippen LogP contribution is 2.30. The van der Waals surface area contributed by atoms with Crippen molar-refractivity contribution in [2.75, 3.05) is 25.4 Å². The van der Waals surface area contributed by atoms with Crippen molar-refractivity contribution in [1.82, 2.24) is 10.3 Å². The van der Waals surface area contributed by atoms with Gasteiger partial charge >= 0.3 is 0 Å². The molecule has 1 saturated heterocycles. The van der Waals surface area contributed by atoms with Gasteiger partial charge in [0.1, 0.15) is 0 Å². The zero-order chi connectivity index (χ0) is 12.0. The van der Waals surface area contributed by atoms with E-state index in [-0.39, 0.29) is 0 Å². The minimum Gasteiger partial charge on any atom is -0.341 e. The minimum atomic E-state index is 0.374. The second-order valence-electron chi connectivity index (χ2n) is 4.69. The van der Waals surface area contributed by atoms with Gasteiger partial charge in [-0.1, -0.05) is 20.8 Å². The Hall–Kier alpha value is -0.420. The lowest BCUT2D eigenvalue weighted by Gasteiger charge is -2.24. The van der Waals surface area contributed by atoms with Crippen molar-refractivity contribution in [1.29, 1.82) is 0 Å². The monoisotopic (exact) mass is 244 g/mol. The Kier molecular flexibility index (Phi) is 5.41. The van der Waals surface area contributed by atoms with Crippen LogP contribution in [0, 0.1) is 0 Å². The van der Waals surface area contributed by atoms with Crippen LogP contribution in [0.4, 0.5) is 0 Å². The molecule has 1 rings (SSSR count). The maximum absolute atomic E-state index is 5.53. The van der Waals surface area contributed by atoms with Crippen LogP contribution in [0.25, 0.3) is 0 Å². The number of nitrogens with one attached hydrogen (secondary N) is 1. The van der Waals surface area contributed by atoms with Crippen molar-refractivity contribution in [3.63, 3.8) is 0 Å². The highest BCUT2D eigenvalue weighted by atomic mass is 32.2. The molecule has 1 aliphatic heterocycles. The van der Waals surface area contributed by atoms with Gasteiger partial charge in [0.25, 0.3) is 0 Å². The molecule has 1 fully saturated rings. The first-order valence-corrected chi connectivity index (χ1v) is 6.97. The van der Waals surface area contributed by atoms with Crippen molar-refractivity contribution >= 4 is 17.7 Å². The molecule has 0 unspecified atom stereocenters. The molecule has 16 heavy (non-hydrogen) atoms. The number of hydrazine groups is 1. The molecule has 0 aromatic heterocycles. The minimum absolute atomic E-state index is 0.374. The summed E-state index contributed by atoms with van der Waals surface area (Å²) < 4.78 is 0.374. The first-order valence-electron chi connectivity index (χ1n) is 5.99. The lowest BCUT2D eigenvalue weighted by atomic mass is 10.1. The average Bonchev–Trinajstić information content (AvgIpc) is 2.41. The highest BCUT2D eigenvalue weighted by Gasteiger charge is 2.24. The summed E-state index contributed by atoms with van der Waals surface area (Å²) in [7, 11) is 0. The molecule has 0 atom stereocenters. The summed E-state index contributed by atoms with van der Waals surface area (Å²) in [5.41, 5.74) is 2.73. The fourth-order valence-corrected chi connectivity index (χ4v) is 2.79. The average molecular weight is 244 g/mol. The Bertz CT molecular complexity index is 240. The molecule has 1 aliphatic rings. The van der Waals surface area contributed by atoms with Crippen LogP contribution in [-0.2, 0) is 0 Å². The largest absolute Gasteiger partial charge is 0.341 e. The molecule has 94 valence electrons. The molecule has 0 aromatic carbocycles. The number of aliphatic imine (C=N–C) groups is 1. The zero-order valence-electron chi connectivity index (χ0n) is 10.6. The molecule has 0 aromatic rings. The third-order valence-corrected chi connectivity index (χ3v) is 4.12. The summed E-state index contributed by atoms with van der Waals surface area (Å²) in [6.07, 6.45) is 2.23. The van der Waals surface area contributed by atoms with E-state index in [0.29, 0.717) is 4.75 Å². The van der Waals surface area contributed by atoms with Gasteiger partial charge in [0.05, 0.1) is 0 Å². The van der Waals surface area contributed by atoms with Crippen LogP contribution in [0.15, 0.2) is 4.99 Å². The van der Waals surface area contributed by atoms with E-state index in [1.807, 2.05) is 11.8 Å². The molecular weight excluding hydrogens is 220 g/mol. The highest BCUT2D eigenvalue weighted by molar-refractivity contribution is 8.00. The van der Waals surface area contributed by atoms with E-state index >= 15 is 0 Å². The van der Waals surface area contributed by atoms with E-state index in [9.17, 15) is 0 Å². The van der Waals surface area contributed by atoms with E-state index in [1.54, 1.807) is 0 Å². The normalized spacial score (nSPS) is 21.8. The van der Waals surface area contributed by atoms with Gasteiger partial charge in [0.15, 0.2) is 0 Å². The Morgan fingerprint density at radius 1 is 1.50 bits per heavy atom. The molecular formula is C11H24N4S. The summed E-state index contributed by atoms with van der Waals surface area (Å²) in [6, 6.07) is 0. The van der Waals surface area contributed by atoms with Gasteiger partial charge < -0.3 is 4.90 Å². The van der Waals surface area contributed by atoms with Gasteiger partial charge in [-0.05, 0) is 12.8 Å². The number of nitrogens with zero attached hydrogens (tertiary/aromatic N) is 2. The van der Waals surface area contributed by atoms with Gasteiger partial charge in [-0.15, -0.1) is 0 Å². The van der Waals surface area contributed by atoms with Crippen LogP contribution < -0.4 is 11.3 Å². The van der Waals surface area contributed by atoms with Crippen molar-refractivity contribution in [3.8, 4) is 0 Å². The first kappa shape index (κ1) is 13.6. The predicted octanol–water partition coefficient (Wildman–Crippen LogP) is 1.43. The lowest BCUT2D eigenvalue weighted by molar-refractivity contribution is 0.407. The van der Waals surface area contributed by atoms with Gasteiger partial charge in [-0.2, -0.15) is 11.8 Å². The van der Waals surface area contributed by atoms with E-state index in [0.717, 1.165) is 37.8 Å².